The monoisotopic (exact) mass is 1110 g/mol. The Morgan fingerprint density at radius 1 is 0.792 bits per heavy atom. The van der Waals surface area contributed by atoms with Crippen molar-refractivity contribution in [1.29, 1.82) is 0 Å². The molecule has 22 heteroatoms. The van der Waals surface area contributed by atoms with Crippen molar-refractivity contribution in [2.45, 2.75) is 81.8 Å². The van der Waals surface area contributed by atoms with Crippen LogP contribution in [-0.4, -0.2) is 120 Å². The third-order valence-corrected chi connectivity index (χ3v) is 10.2. The van der Waals surface area contributed by atoms with E-state index >= 15 is 0 Å². The number of hydrogen-bond donors (Lipinski definition) is 2. The minimum atomic E-state index is -2.14. The van der Waals surface area contributed by atoms with E-state index in [1.165, 1.54) is 6.08 Å². The van der Waals surface area contributed by atoms with Crippen molar-refractivity contribution >= 4 is 132 Å². The number of alkyl halides is 1. The first-order valence-electron chi connectivity index (χ1n) is 15.4. The summed E-state index contributed by atoms with van der Waals surface area (Å²) in [6, 6.07) is 0. The zero-order chi connectivity index (χ0) is 40.6. The number of halogens is 4. The average Bonchev–Trinajstić information content (AvgIpc) is 3.02. The van der Waals surface area contributed by atoms with Crippen LogP contribution in [-0.2, 0) is 76.3 Å². The predicted molar refractivity (Wildman–Crippen MR) is 207 cm³/mol. The fraction of sp³-hybridized carbons (Fsp3) is 0.581. The standard InChI is InChI=1S/C31H38ClI3N2O16/c1-7-8-48-24(44)13-47-12-23(43)37-31(22(34)9-19(33)25(28(31)35)29(32)45)30(46)36-10-20(50-15(3)39)26(52-17(5)41)27(53-18(6)42)21(51-16(4)40)11-49-14(2)38/h9,19-21,26-27H,7-8,10-13H2,1-6H3,(H,36,46)(H,37,43). The van der Waals surface area contributed by atoms with Crippen LogP contribution in [0.4, 0.5) is 0 Å². The van der Waals surface area contributed by atoms with Gasteiger partial charge in [-0.25, -0.2) is 4.79 Å². The first-order valence-corrected chi connectivity index (χ1v) is 19.2. The lowest BCUT2D eigenvalue weighted by molar-refractivity contribution is -0.202. The van der Waals surface area contributed by atoms with Gasteiger partial charge >= 0.3 is 35.8 Å². The highest BCUT2D eigenvalue weighted by atomic mass is 127. The van der Waals surface area contributed by atoms with Crippen LogP contribution in [0.2, 0.25) is 0 Å². The lowest BCUT2D eigenvalue weighted by atomic mass is 9.88. The van der Waals surface area contributed by atoms with Crippen LogP contribution >= 0.6 is 79.4 Å². The van der Waals surface area contributed by atoms with Crippen LogP contribution in [0.25, 0.3) is 0 Å². The summed E-state index contributed by atoms with van der Waals surface area (Å²) >= 11 is 11.3. The van der Waals surface area contributed by atoms with Gasteiger partial charge in [0.15, 0.2) is 30.0 Å². The van der Waals surface area contributed by atoms with Gasteiger partial charge in [-0.1, -0.05) is 35.6 Å². The number of carbonyl (C=O) groups is 9. The largest absolute Gasteiger partial charge is 0.464 e. The highest BCUT2D eigenvalue weighted by Crippen LogP contribution is 2.44. The van der Waals surface area contributed by atoms with E-state index in [1.54, 1.807) is 52.1 Å². The molecule has 1 aliphatic carbocycles. The molecule has 1 rings (SSSR count). The van der Waals surface area contributed by atoms with Gasteiger partial charge in [-0.3, -0.25) is 38.4 Å². The van der Waals surface area contributed by atoms with Crippen molar-refractivity contribution in [2.24, 2.45) is 0 Å². The van der Waals surface area contributed by atoms with Gasteiger partial charge in [-0.05, 0) is 63.2 Å². The summed E-state index contributed by atoms with van der Waals surface area (Å²) in [5.74, 6) is -7.33. The number of ether oxygens (including phenoxy) is 7. The summed E-state index contributed by atoms with van der Waals surface area (Å²) in [5.41, 5.74) is -2.19. The summed E-state index contributed by atoms with van der Waals surface area (Å²) in [6.07, 6.45) is -4.88. The topological polar surface area (TPSA) is 242 Å². The first kappa shape index (κ1) is 48.4. The molecule has 6 atom stereocenters. The maximum Gasteiger partial charge on any atom is 0.332 e. The lowest BCUT2D eigenvalue weighted by Gasteiger charge is -2.39. The van der Waals surface area contributed by atoms with Crippen molar-refractivity contribution < 1.29 is 76.3 Å². The van der Waals surface area contributed by atoms with E-state index < -0.39 is 113 Å². The van der Waals surface area contributed by atoms with E-state index in [0.29, 0.717) is 6.42 Å². The van der Waals surface area contributed by atoms with Crippen molar-refractivity contribution in [1.82, 2.24) is 10.6 Å². The van der Waals surface area contributed by atoms with Gasteiger partial charge in [0.05, 0.1) is 17.1 Å². The van der Waals surface area contributed by atoms with Gasteiger partial charge in [0.25, 0.3) is 11.1 Å². The van der Waals surface area contributed by atoms with Gasteiger partial charge in [0.2, 0.25) is 5.91 Å². The second-order valence-corrected chi connectivity index (χ2v) is 14.8. The molecule has 0 heterocycles. The Morgan fingerprint density at radius 2 is 1.32 bits per heavy atom. The molecule has 0 saturated heterocycles. The number of rotatable bonds is 20. The molecule has 0 fully saturated rings. The molecular weight excluding hydrogens is 1070 g/mol. The van der Waals surface area contributed by atoms with E-state index in [1.807, 2.05) is 22.6 Å². The summed E-state index contributed by atoms with van der Waals surface area (Å²) < 4.78 is 36.0. The van der Waals surface area contributed by atoms with E-state index in [4.69, 9.17) is 44.8 Å². The van der Waals surface area contributed by atoms with Crippen molar-refractivity contribution in [2.75, 3.05) is 33.0 Å². The number of allylic oxidation sites excluding steroid dienone is 2. The molecule has 0 aromatic rings. The van der Waals surface area contributed by atoms with Gasteiger partial charge in [0, 0.05) is 47.4 Å². The van der Waals surface area contributed by atoms with Crippen LogP contribution in [0.5, 0.6) is 0 Å². The number of amides is 2. The Hall–Kier alpha value is -2.65. The molecule has 0 spiro atoms. The molecule has 18 nitrogen and oxygen atoms in total. The third-order valence-electron chi connectivity index (χ3n) is 6.50. The van der Waals surface area contributed by atoms with E-state index in [9.17, 15) is 43.2 Å². The average molecular weight is 1110 g/mol. The molecule has 296 valence electrons. The molecule has 0 saturated carbocycles. The Morgan fingerprint density at radius 3 is 1.81 bits per heavy atom. The summed E-state index contributed by atoms with van der Waals surface area (Å²) in [6.45, 7) is 4.18. The second kappa shape index (κ2) is 23.3. The molecule has 6 unspecified atom stereocenters. The maximum atomic E-state index is 14.3. The van der Waals surface area contributed by atoms with E-state index in [0.717, 1.165) is 34.6 Å². The molecule has 2 N–H and O–H groups in total. The van der Waals surface area contributed by atoms with Gasteiger partial charge < -0.3 is 43.8 Å². The zero-order valence-corrected chi connectivity index (χ0v) is 36.5. The SMILES string of the molecule is CCCOC(=O)COCC(=O)NC1(C(=O)NCC(OC(C)=O)C(OC(C)=O)C(OC(C)=O)C(COC(C)=O)OC(C)=O)C(I)=CC(I)C(C(=O)Cl)=C1I. The van der Waals surface area contributed by atoms with E-state index in [2.05, 4.69) is 10.6 Å². The van der Waals surface area contributed by atoms with Crippen LogP contribution in [0.15, 0.2) is 18.8 Å². The molecule has 0 radical (unpaired) electrons. The highest BCUT2D eigenvalue weighted by molar-refractivity contribution is 14.1. The van der Waals surface area contributed by atoms with Gasteiger partial charge in [0.1, 0.15) is 19.8 Å². The van der Waals surface area contributed by atoms with Crippen molar-refractivity contribution in [3.8, 4) is 0 Å². The molecule has 53 heavy (non-hydrogen) atoms. The number of carbonyl (C=O) groups excluding carboxylic acids is 9. The molecule has 0 aliphatic heterocycles. The quantitative estimate of drug-likeness (QED) is 0.0581. The molecule has 2 amide bonds. The summed E-state index contributed by atoms with van der Waals surface area (Å²) in [7, 11) is 0. The fourth-order valence-corrected chi connectivity index (χ4v) is 10.1. The van der Waals surface area contributed by atoms with Gasteiger partial charge in [-0.2, -0.15) is 0 Å². The predicted octanol–water partition coefficient (Wildman–Crippen LogP) is 1.81. The Labute approximate surface area is 350 Å². The maximum absolute atomic E-state index is 14.3. The van der Waals surface area contributed by atoms with E-state index in [-0.39, 0.29) is 19.3 Å². The smallest absolute Gasteiger partial charge is 0.332 e. The van der Waals surface area contributed by atoms with Crippen LogP contribution in [0.1, 0.15) is 48.0 Å². The Kier molecular flexibility index (Phi) is 21.3. The lowest BCUT2D eigenvalue weighted by Crippen LogP contribution is -2.63. The minimum absolute atomic E-state index is 0.0238. The first-order chi connectivity index (χ1) is 24.7. The van der Waals surface area contributed by atoms with Crippen molar-refractivity contribution in [3.63, 3.8) is 0 Å². The van der Waals surface area contributed by atoms with Crippen LogP contribution < -0.4 is 10.6 Å². The molecular formula is C31H38ClI3N2O16. The second-order valence-electron chi connectivity index (χ2n) is 10.9. The number of nitrogens with one attached hydrogen (secondary N) is 2. The Balaban J connectivity index is 3.72. The minimum Gasteiger partial charge on any atom is -0.464 e. The molecule has 1 aliphatic rings. The van der Waals surface area contributed by atoms with Gasteiger partial charge in [-0.15, -0.1) is 0 Å². The summed E-state index contributed by atoms with van der Waals surface area (Å²) in [4.78, 5) is 113. The van der Waals surface area contributed by atoms with Crippen LogP contribution in [0, 0.1) is 0 Å². The normalized spacial score (nSPS) is 18.8. The zero-order valence-electron chi connectivity index (χ0n) is 29.3. The number of hydrogen-bond acceptors (Lipinski definition) is 16. The number of esters is 6. The van der Waals surface area contributed by atoms with Crippen LogP contribution in [0.3, 0.4) is 0 Å². The molecule has 0 aromatic heterocycles. The Bertz CT molecular complexity index is 1500. The highest BCUT2D eigenvalue weighted by Gasteiger charge is 2.51. The molecule has 0 bridgehead atoms. The van der Waals surface area contributed by atoms with Crippen molar-refractivity contribution in [3.05, 3.63) is 18.8 Å². The fourth-order valence-electron chi connectivity index (χ4n) is 4.53. The molecule has 0 aromatic carbocycles. The summed E-state index contributed by atoms with van der Waals surface area (Å²) in [5, 5.41) is 4.13. The third kappa shape index (κ3) is 15.6.